The van der Waals surface area contributed by atoms with E-state index in [1.165, 1.54) is 0 Å². The summed E-state index contributed by atoms with van der Waals surface area (Å²) in [6.45, 7) is 1.36. The van der Waals surface area contributed by atoms with Crippen molar-refractivity contribution in [1.29, 1.82) is 0 Å². The summed E-state index contributed by atoms with van der Waals surface area (Å²) in [6.07, 6.45) is 5.23. The number of carbonyl (C=O) groups excluding carboxylic acids is 1. The molecule has 0 aromatic carbocycles. The summed E-state index contributed by atoms with van der Waals surface area (Å²) in [7, 11) is 0. The average Bonchev–Trinajstić information content (AvgIpc) is 2.30. The first-order chi connectivity index (χ1) is 6.88. The van der Waals surface area contributed by atoms with Crippen LogP contribution in [0.2, 0.25) is 0 Å². The zero-order chi connectivity index (χ0) is 9.80. The lowest BCUT2D eigenvalue weighted by Crippen LogP contribution is -2.25. The van der Waals surface area contributed by atoms with Crippen LogP contribution in [0.4, 0.5) is 0 Å². The van der Waals surface area contributed by atoms with Gasteiger partial charge in [0.25, 0.3) is 0 Å². The van der Waals surface area contributed by atoms with Crippen LogP contribution in [0.3, 0.4) is 0 Å². The van der Waals surface area contributed by atoms with E-state index in [4.69, 9.17) is 4.74 Å². The molecule has 3 heteroatoms. The van der Waals surface area contributed by atoms with E-state index < -0.39 is 0 Å². The van der Waals surface area contributed by atoms with Gasteiger partial charge in [-0.05, 0) is 25.0 Å². The lowest BCUT2D eigenvalue weighted by atomic mass is 9.93. The summed E-state index contributed by atoms with van der Waals surface area (Å²) in [4.78, 5) is 15.8. The minimum absolute atomic E-state index is 0.0474. The second-order valence-electron chi connectivity index (χ2n) is 3.51. The molecule has 0 aliphatic carbocycles. The molecule has 1 aliphatic rings. The molecule has 0 bridgehead atoms. The van der Waals surface area contributed by atoms with Gasteiger partial charge in [-0.25, -0.2) is 0 Å². The molecular formula is C11H13NO2. The molecular weight excluding hydrogens is 178 g/mol. The van der Waals surface area contributed by atoms with Crippen LogP contribution in [0.25, 0.3) is 0 Å². The van der Waals surface area contributed by atoms with Crippen LogP contribution in [0.1, 0.15) is 23.2 Å². The minimum Gasteiger partial charge on any atom is -0.381 e. The third kappa shape index (κ3) is 1.99. The molecule has 1 atom stereocenters. The van der Waals surface area contributed by atoms with E-state index in [2.05, 4.69) is 4.98 Å². The van der Waals surface area contributed by atoms with Crippen LogP contribution in [0.15, 0.2) is 24.5 Å². The van der Waals surface area contributed by atoms with E-state index >= 15 is 0 Å². The van der Waals surface area contributed by atoms with Gasteiger partial charge >= 0.3 is 0 Å². The Bertz CT molecular complexity index is 304. The molecule has 3 nitrogen and oxygen atoms in total. The fourth-order valence-electron chi connectivity index (χ4n) is 1.70. The van der Waals surface area contributed by atoms with E-state index in [-0.39, 0.29) is 11.7 Å². The van der Waals surface area contributed by atoms with E-state index in [1.54, 1.807) is 24.5 Å². The first-order valence-electron chi connectivity index (χ1n) is 4.90. The molecule has 2 rings (SSSR count). The number of pyridine rings is 1. The first-order valence-corrected chi connectivity index (χ1v) is 4.90. The second kappa shape index (κ2) is 4.33. The van der Waals surface area contributed by atoms with Crippen molar-refractivity contribution in [3.63, 3.8) is 0 Å². The van der Waals surface area contributed by atoms with Gasteiger partial charge in [0.15, 0.2) is 5.78 Å². The third-order valence-corrected chi connectivity index (χ3v) is 2.50. The van der Waals surface area contributed by atoms with Crippen molar-refractivity contribution in [3.8, 4) is 0 Å². The Morgan fingerprint density at radius 1 is 1.43 bits per heavy atom. The molecule has 14 heavy (non-hydrogen) atoms. The number of ether oxygens (including phenoxy) is 1. The molecule has 0 radical (unpaired) electrons. The number of aromatic nitrogens is 1. The van der Waals surface area contributed by atoms with Gasteiger partial charge in [0.05, 0.1) is 6.61 Å². The molecule has 1 fully saturated rings. The summed E-state index contributed by atoms with van der Waals surface area (Å²) >= 11 is 0. The smallest absolute Gasteiger partial charge is 0.168 e. The molecule has 0 spiro atoms. The Morgan fingerprint density at radius 3 is 2.86 bits per heavy atom. The van der Waals surface area contributed by atoms with E-state index in [1.807, 2.05) is 0 Å². The predicted molar refractivity (Wildman–Crippen MR) is 52.1 cm³/mol. The maximum Gasteiger partial charge on any atom is 0.168 e. The number of Topliss-reactive ketones (excluding diaryl/α,β-unsaturated/α-hetero) is 1. The molecule has 0 N–H and O–H groups in total. The molecule has 1 aromatic heterocycles. The lowest BCUT2D eigenvalue weighted by Gasteiger charge is -2.20. The number of nitrogens with zero attached hydrogens (tertiary/aromatic N) is 1. The third-order valence-electron chi connectivity index (χ3n) is 2.50. The highest BCUT2D eigenvalue weighted by atomic mass is 16.5. The van der Waals surface area contributed by atoms with Crippen LogP contribution in [-0.2, 0) is 4.74 Å². The number of hydrogen-bond donors (Lipinski definition) is 0. The second-order valence-corrected chi connectivity index (χ2v) is 3.51. The zero-order valence-electron chi connectivity index (χ0n) is 7.98. The minimum atomic E-state index is 0.0474. The van der Waals surface area contributed by atoms with Crippen molar-refractivity contribution in [2.75, 3.05) is 13.2 Å². The van der Waals surface area contributed by atoms with Crippen molar-refractivity contribution in [2.45, 2.75) is 12.8 Å². The summed E-state index contributed by atoms with van der Waals surface area (Å²) in [5, 5.41) is 0. The molecule has 0 amide bonds. The van der Waals surface area contributed by atoms with Crippen molar-refractivity contribution in [1.82, 2.24) is 4.98 Å². The van der Waals surface area contributed by atoms with Crippen molar-refractivity contribution in [3.05, 3.63) is 30.1 Å². The van der Waals surface area contributed by atoms with Crippen LogP contribution in [0.5, 0.6) is 0 Å². The fourth-order valence-corrected chi connectivity index (χ4v) is 1.70. The Kier molecular flexibility index (Phi) is 2.89. The largest absolute Gasteiger partial charge is 0.381 e. The predicted octanol–water partition coefficient (Wildman–Crippen LogP) is 1.69. The zero-order valence-corrected chi connectivity index (χ0v) is 7.98. The van der Waals surface area contributed by atoms with Gasteiger partial charge in [0.1, 0.15) is 0 Å². The molecule has 1 aliphatic heterocycles. The highest BCUT2D eigenvalue weighted by Gasteiger charge is 2.22. The number of rotatable bonds is 2. The topological polar surface area (TPSA) is 39.2 Å². The summed E-state index contributed by atoms with van der Waals surface area (Å²) in [6, 6.07) is 3.52. The average molecular weight is 191 g/mol. The van der Waals surface area contributed by atoms with Gasteiger partial charge in [-0.3, -0.25) is 9.78 Å². The van der Waals surface area contributed by atoms with Gasteiger partial charge in [-0.1, -0.05) is 0 Å². The van der Waals surface area contributed by atoms with Crippen molar-refractivity contribution >= 4 is 5.78 Å². The molecule has 1 aromatic rings. The SMILES string of the molecule is O=C(c1ccncc1)C1CCCOC1. The van der Waals surface area contributed by atoms with Gasteiger partial charge in [-0.15, -0.1) is 0 Å². The summed E-state index contributed by atoms with van der Waals surface area (Å²) < 4.78 is 5.29. The maximum absolute atomic E-state index is 11.9. The Morgan fingerprint density at radius 2 is 2.21 bits per heavy atom. The number of hydrogen-bond acceptors (Lipinski definition) is 3. The highest BCUT2D eigenvalue weighted by molar-refractivity contribution is 5.97. The van der Waals surface area contributed by atoms with E-state index in [0.717, 1.165) is 25.0 Å². The molecule has 2 heterocycles. The summed E-state index contributed by atoms with van der Waals surface area (Å²) in [5.41, 5.74) is 0.746. The molecule has 74 valence electrons. The quantitative estimate of drug-likeness (QED) is 0.668. The van der Waals surface area contributed by atoms with Gasteiger partial charge in [0, 0.05) is 30.5 Å². The standard InChI is InChI=1S/C11H13NO2/c13-11(9-3-5-12-6-4-9)10-2-1-7-14-8-10/h3-6,10H,1-2,7-8H2. The number of carbonyl (C=O) groups is 1. The van der Waals surface area contributed by atoms with Crippen LogP contribution in [0, 0.1) is 5.92 Å². The van der Waals surface area contributed by atoms with E-state index in [0.29, 0.717) is 6.61 Å². The van der Waals surface area contributed by atoms with Crippen molar-refractivity contribution in [2.24, 2.45) is 5.92 Å². The maximum atomic E-state index is 11.9. The van der Waals surface area contributed by atoms with Gasteiger partial charge in [0.2, 0.25) is 0 Å². The normalized spacial score (nSPS) is 21.9. The molecule has 1 saturated heterocycles. The molecule has 1 unspecified atom stereocenters. The van der Waals surface area contributed by atoms with Crippen molar-refractivity contribution < 1.29 is 9.53 Å². The molecule has 0 saturated carbocycles. The van der Waals surface area contributed by atoms with Crippen LogP contribution in [-0.4, -0.2) is 24.0 Å². The van der Waals surface area contributed by atoms with Crippen LogP contribution < -0.4 is 0 Å². The monoisotopic (exact) mass is 191 g/mol. The Hall–Kier alpha value is -1.22. The van der Waals surface area contributed by atoms with E-state index in [9.17, 15) is 4.79 Å². The van der Waals surface area contributed by atoms with Gasteiger partial charge < -0.3 is 4.74 Å². The Balaban J connectivity index is 2.07. The Labute approximate surface area is 83.1 Å². The van der Waals surface area contributed by atoms with Gasteiger partial charge in [-0.2, -0.15) is 0 Å². The summed E-state index contributed by atoms with van der Waals surface area (Å²) in [5.74, 6) is 0.234. The van der Waals surface area contributed by atoms with Crippen LogP contribution >= 0.6 is 0 Å². The first kappa shape index (κ1) is 9.34. The number of ketones is 1. The highest BCUT2D eigenvalue weighted by Crippen LogP contribution is 2.18. The lowest BCUT2D eigenvalue weighted by molar-refractivity contribution is 0.0461. The fraction of sp³-hybridized carbons (Fsp3) is 0.455.